The zero-order valence-electron chi connectivity index (χ0n) is 12.1. The summed E-state index contributed by atoms with van der Waals surface area (Å²) in [5, 5.41) is 0. The molecule has 4 nitrogen and oxygen atoms in total. The van der Waals surface area contributed by atoms with E-state index in [4.69, 9.17) is 5.73 Å². The summed E-state index contributed by atoms with van der Waals surface area (Å²) in [5.41, 5.74) is 7.14. The molecule has 19 heavy (non-hydrogen) atoms. The van der Waals surface area contributed by atoms with Crippen LogP contribution in [0.3, 0.4) is 0 Å². The molecule has 0 unspecified atom stereocenters. The summed E-state index contributed by atoms with van der Waals surface area (Å²) >= 11 is 2.05. The summed E-state index contributed by atoms with van der Waals surface area (Å²) < 4.78 is 0.359. The Kier molecular flexibility index (Phi) is 4.55. The first-order chi connectivity index (χ1) is 9.03. The fourth-order valence-electron chi connectivity index (χ4n) is 2.41. The molecule has 1 aromatic heterocycles. The fraction of sp³-hybridized carbons (Fsp3) is 0.714. The van der Waals surface area contributed by atoms with Crippen molar-refractivity contribution in [2.45, 2.75) is 44.8 Å². The van der Waals surface area contributed by atoms with Crippen molar-refractivity contribution in [3.8, 4) is 0 Å². The Balaban J connectivity index is 2.23. The Morgan fingerprint density at radius 1 is 1.37 bits per heavy atom. The molecule has 1 saturated heterocycles. The van der Waals surface area contributed by atoms with Crippen LogP contribution < -0.4 is 10.6 Å². The van der Waals surface area contributed by atoms with Crippen molar-refractivity contribution < 1.29 is 0 Å². The predicted octanol–water partition coefficient (Wildman–Crippen LogP) is 2.73. The van der Waals surface area contributed by atoms with Crippen LogP contribution in [0.5, 0.6) is 0 Å². The summed E-state index contributed by atoms with van der Waals surface area (Å²) in [6, 6.07) is 0. The number of hydrogen-bond donors (Lipinski definition) is 1. The summed E-state index contributed by atoms with van der Waals surface area (Å²) in [6.45, 7) is 8.90. The number of nitrogens with two attached hydrogens (primary N) is 1. The SMILES string of the molecule is CCCc1c(N)ncnc1N1CCSC(C)(C)CC1. The first-order valence-electron chi connectivity index (χ1n) is 7.02. The van der Waals surface area contributed by atoms with Gasteiger partial charge in [-0.3, -0.25) is 0 Å². The van der Waals surface area contributed by atoms with Crippen molar-refractivity contribution in [2.75, 3.05) is 29.5 Å². The van der Waals surface area contributed by atoms with Crippen LogP contribution in [0.1, 0.15) is 39.2 Å². The van der Waals surface area contributed by atoms with E-state index in [1.165, 1.54) is 6.42 Å². The molecule has 106 valence electrons. The number of aromatic nitrogens is 2. The highest BCUT2D eigenvalue weighted by atomic mass is 32.2. The second kappa shape index (κ2) is 5.99. The molecule has 2 N–H and O–H groups in total. The third kappa shape index (κ3) is 3.53. The molecule has 1 aliphatic heterocycles. The first-order valence-corrected chi connectivity index (χ1v) is 8.00. The third-order valence-corrected chi connectivity index (χ3v) is 4.97. The molecule has 1 aromatic rings. The van der Waals surface area contributed by atoms with Crippen molar-refractivity contribution in [1.82, 2.24) is 9.97 Å². The van der Waals surface area contributed by atoms with Gasteiger partial charge in [-0.05, 0) is 12.8 Å². The van der Waals surface area contributed by atoms with Gasteiger partial charge in [0, 0.05) is 29.2 Å². The van der Waals surface area contributed by atoms with Crippen LogP contribution in [-0.4, -0.2) is 33.6 Å². The highest BCUT2D eigenvalue weighted by Crippen LogP contribution is 2.33. The second-order valence-electron chi connectivity index (χ2n) is 5.66. The maximum atomic E-state index is 6.02. The number of anilines is 2. The number of hydrogen-bond acceptors (Lipinski definition) is 5. The molecular weight excluding hydrogens is 256 g/mol. The van der Waals surface area contributed by atoms with E-state index in [1.54, 1.807) is 6.33 Å². The van der Waals surface area contributed by atoms with E-state index >= 15 is 0 Å². The molecule has 2 heterocycles. The van der Waals surface area contributed by atoms with E-state index in [0.717, 1.165) is 43.1 Å². The molecule has 0 bridgehead atoms. The van der Waals surface area contributed by atoms with Gasteiger partial charge in [0.15, 0.2) is 0 Å². The van der Waals surface area contributed by atoms with Gasteiger partial charge in [0.2, 0.25) is 0 Å². The molecule has 2 rings (SSSR count). The fourth-order valence-corrected chi connectivity index (χ4v) is 3.51. The largest absolute Gasteiger partial charge is 0.383 e. The van der Waals surface area contributed by atoms with E-state index in [0.29, 0.717) is 10.6 Å². The minimum Gasteiger partial charge on any atom is -0.383 e. The minimum absolute atomic E-state index is 0.359. The van der Waals surface area contributed by atoms with E-state index in [1.807, 2.05) is 11.8 Å². The smallest absolute Gasteiger partial charge is 0.137 e. The Labute approximate surface area is 120 Å². The van der Waals surface area contributed by atoms with E-state index in [-0.39, 0.29) is 0 Å². The lowest BCUT2D eigenvalue weighted by Gasteiger charge is -2.25. The summed E-state index contributed by atoms with van der Waals surface area (Å²) in [5.74, 6) is 2.83. The normalized spacial score (nSPS) is 19.2. The Morgan fingerprint density at radius 2 is 2.16 bits per heavy atom. The highest BCUT2D eigenvalue weighted by Gasteiger charge is 2.25. The maximum absolute atomic E-state index is 6.02. The molecule has 0 radical (unpaired) electrons. The number of thioether (sulfide) groups is 1. The Hall–Kier alpha value is -0.970. The average Bonchev–Trinajstić information content (AvgIpc) is 2.53. The van der Waals surface area contributed by atoms with Crippen molar-refractivity contribution in [2.24, 2.45) is 0 Å². The summed E-state index contributed by atoms with van der Waals surface area (Å²) in [6.07, 6.45) is 4.79. The van der Waals surface area contributed by atoms with Gasteiger partial charge >= 0.3 is 0 Å². The molecule has 5 heteroatoms. The van der Waals surface area contributed by atoms with Gasteiger partial charge in [0.1, 0.15) is 18.0 Å². The van der Waals surface area contributed by atoms with Gasteiger partial charge in [0.25, 0.3) is 0 Å². The lowest BCUT2D eigenvalue weighted by atomic mass is 10.1. The number of rotatable bonds is 3. The van der Waals surface area contributed by atoms with Crippen LogP contribution in [-0.2, 0) is 6.42 Å². The maximum Gasteiger partial charge on any atom is 0.137 e. The van der Waals surface area contributed by atoms with Crippen LogP contribution in [0.2, 0.25) is 0 Å². The van der Waals surface area contributed by atoms with E-state index in [9.17, 15) is 0 Å². The topological polar surface area (TPSA) is 55.0 Å². The number of nitrogens with zero attached hydrogens (tertiary/aromatic N) is 3. The third-order valence-electron chi connectivity index (χ3n) is 3.59. The monoisotopic (exact) mass is 280 g/mol. The molecule has 0 spiro atoms. The van der Waals surface area contributed by atoms with Gasteiger partial charge in [0.05, 0.1) is 0 Å². The van der Waals surface area contributed by atoms with Crippen molar-refractivity contribution in [3.63, 3.8) is 0 Å². The molecule has 0 aliphatic carbocycles. The van der Waals surface area contributed by atoms with Crippen LogP contribution in [0.15, 0.2) is 6.33 Å². The highest BCUT2D eigenvalue weighted by molar-refractivity contribution is 8.00. The van der Waals surface area contributed by atoms with Crippen LogP contribution in [0.4, 0.5) is 11.6 Å². The first kappa shape index (κ1) is 14.4. The van der Waals surface area contributed by atoms with E-state index < -0.39 is 0 Å². The van der Waals surface area contributed by atoms with Gasteiger partial charge in [-0.1, -0.05) is 27.2 Å². The Bertz CT molecular complexity index is 433. The molecule has 0 aromatic carbocycles. The van der Waals surface area contributed by atoms with Gasteiger partial charge in [-0.15, -0.1) is 0 Å². The van der Waals surface area contributed by atoms with Crippen molar-refractivity contribution in [3.05, 3.63) is 11.9 Å². The quantitative estimate of drug-likeness (QED) is 0.922. The molecule has 1 aliphatic rings. The summed E-state index contributed by atoms with van der Waals surface area (Å²) in [7, 11) is 0. The molecule has 1 fully saturated rings. The number of nitrogen functional groups attached to an aromatic ring is 1. The standard InChI is InChI=1S/C14H24N4S/c1-4-5-11-12(15)16-10-17-13(11)18-7-6-14(2,3)19-9-8-18/h10H,4-9H2,1-3H3,(H2,15,16,17). The molecule has 0 saturated carbocycles. The van der Waals surface area contributed by atoms with Gasteiger partial charge in [-0.25, -0.2) is 9.97 Å². The zero-order chi connectivity index (χ0) is 13.9. The Morgan fingerprint density at radius 3 is 2.89 bits per heavy atom. The molecule has 0 amide bonds. The van der Waals surface area contributed by atoms with Crippen molar-refractivity contribution >= 4 is 23.4 Å². The molecular formula is C14H24N4S. The van der Waals surface area contributed by atoms with Gasteiger partial charge < -0.3 is 10.6 Å². The lowest BCUT2D eigenvalue weighted by Crippen LogP contribution is -2.29. The van der Waals surface area contributed by atoms with Crippen molar-refractivity contribution in [1.29, 1.82) is 0 Å². The van der Waals surface area contributed by atoms with Crippen LogP contribution >= 0.6 is 11.8 Å². The predicted molar refractivity (Wildman–Crippen MR) is 83.8 cm³/mol. The van der Waals surface area contributed by atoms with Crippen LogP contribution in [0.25, 0.3) is 0 Å². The van der Waals surface area contributed by atoms with Gasteiger partial charge in [-0.2, -0.15) is 11.8 Å². The summed E-state index contributed by atoms with van der Waals surface area (Å²) in [4.78, 5) is 11.0. The van der Waals surface area contributed by atoms with E-state index in [2.05, 4.69) is 35.6 Å². The lowest BCUT2D eigenvalue weighted by molar-refractivity contribution is 0.633. The minimum atomic E-state index is 0.359. The molecule has 0 atom stereocenters. The second-order valence-corrected chi connectivity index (χ2v) is 7.46. The van der Waals surface area contributed by atoms with Crippen LogP contribution in [0, 0.1) is 0 Å². The zero-order valence-corrected chi connectivity index (χ0v) is 13.0. The average molecular weight is 280 g/mol.